The van der Waals surface area contributed by atoms with E-state index >= 15 is 0 Å². The normalized spacial score (nSPS) is 14.0. The zero-order valence-electron chi connectivity index (χ0n) is 17.7. The lowest BCUT2D eigenvalue weighted by Gasteiger charge is -2.31. The Morgan fingerprint density at radius 2 is 1.70 bits per heavy atom. The molecular weight excluding hydrogens is 462 g/mol. The zero-order chi connectivity index (χ0) is 23.2. The van der Waals surface area contributed by atoms with E-state index in [0.717, 1.165) is 23.4 Å². The molecule has 0 spiro atoms. The van der Waals surface area contributed by atoms with Crippen LogP contribution in [0.2, 0.25) is 5.02 Å². The van der Waals surface area contributed by atoms with Gasteiger partial charge in [0.05, 0.1) is 11.4 Å². The first-order chi connectivity index (χ1) is 16.0. The van der Waals surface area contributed by atoms with E-state index in [1.54, 1.807) is 29.6 Å². The Bertz CT molecular complexity index is 1150. The molecule has 2 aromatic heterocycles. The fourth-order valence-corrected chi connectivity index (χ4v) is 4.78. The number of hydrogen-bond donors (Lipinski definition) is 2. The second-order valence-electron chi connectivity index (χ2n) is 7.62. The number of pyridine rings is 1. The number of rotatable bonds is 5. The van der Waals surface area contributed by atoms with Gasteiger partial charge >= 0.3 is 0 Å². The van der Waals surface area contributed by atoms with Gasteiger partial charge in [-0.3, -0.25) is 30.2 Å². The Morgan fingerprint density at radius 3 is 2.39 bits per heavy atom. The van der Waals surface area contributed by atoms with E-state index < -0.39 is 11.8 Å². The molecule has 1 aliphatic rings. The number of hydrazine groups is 1. The standard InChI is InChI=1S/C23H22ClN5O3S/c24-17-6-2-1-5-16(17)13-20(30)29-11-8-15(9-12-29)23-26-19(14-33-23)22(32)28-27-21(31)18-7-3-4-10-25-18/h1-7,10,14-15H,8-9,11-13H2,(H,27,31)(H,28,32). The summed E-state index contributed by atoms with van der Waals surface area (Å²) in [5.74, 6) is -0.754. The van der Waals surface area contributed by atoms with Crippen molar-refractivity contribution in [3.8, 4) is 0 Å². The topological polar surface area (TPSA) is 104 Å². The number of halogens is 1. The first-order valence-electron chi connectivity index (χ1n) is 10.5. The molecule has 3 amide bonds. The Hall–Kier alpha value is -3.30. The maximum atomic E-state index is 12.6. The summed E-state index contributed by atoms with van der Waals surface area (Å²) in [7, 11) is 0. The number of piperidine rings is 1. The third-order valence-electron chi connectivity index (χ3n) is 5.44. The van der Waals surface area contributed by atoms with Crippen molar-refractivity contribution in [2.24, 2.45) is 0 Å². The zero-order valence-corrected chi connectivity index (χ0v) is 19.2. The van der Waals surface area contributed by atoms with Crippen LogP contribution < -0.4 is 10.9 Å². The molecule has 0 aliphatic carbocycles. The van der Waals surface area contributed by atoms with Crippen molar-refractivity contribution in [3.63, 3.8) is 0 Å². The van der Waals surface area contributed by atoms with Gasteiger partial charge in [0.1, 0.15) is 11.4 Å². The van der Waals surface area contributed by atoms with Gasteiger partial charge in [-0.25, -0.2) is 4.98 Å². The molecule has 3 heterocycles. The average molecular weight is 484 g/mol. The minimum absolute atomic E-state index is 0.0596. The van der Waals surface area contributed by atoms with Gasteiger partial charge in [0, 0.05) is 35.6 Å². The molecule has 1 saturated heterocycles. The molecule has 8 nitrogen and oxygen atoms in total. The quantitative estimate of drug-likeness (QED) is 0.542. The van der Waals surface area contributed by atoms with Crippen LogP contribution in [0, 0.1) is 0 Å². The van der Waals surface area contributed by atoms with Crippen LogP contribution in [0.15, 0.2) is 54.0 Å². The van der Waals surface area contributed by atoms with Crippen LogP contribution in [-0.4, -0.2) is 45.7 Å². The van der Waals surface area contributed by atoms with Gasteiger partial charge in [-0.05, 0) is 36.6 Å². The monoisotopic (exact) mass is 483 g/mol. The highest BCUT2D eigenvalue weighted by atomic mass is 35.5. The lowest BCUT2D eigenvalue weighted by Crippen LogP contribution is -2.42. The smallest absolute Gasteiger partial charge is 0.289 e. The summed E-state index contributed by atoms with van der Waals surface area (Å²) >= 11 is 7.58. The third-order valence-corrected chi connectivity index (χ3v) is 6.81. The summed E-state index contributed by atoms with van der Waals surface area (Å²) in [5, 5.41) is 3.13. The summed E-state index contributed by atoms with van der Waals surface area (Å²) in [6.45, 7) is 1.27. The number of aromatic nitrogens is 2. The van der Waals surface area contributed by atoms with Crippen molar-refractivity contribution in [1.82, 2.24) is 25.7 Å². The van der Waals surface area contributed by atoms with Crippen LogP contribution in [0.5, 0.6) is 0 Å². The van der Waals surface area contributed by atoms with Crippen molar-refractivity contribution in [2.45, 2.75) is 25.2 Å². The number of nitrogens with zero attached hydrogens (tertiary/aromatic N) is 3. The lowest BCUT2D eigenvalue weighted by atomic mass is 9.97. The number of amides is 3. The number of carbonyl (C=O) groups excluding carboxylic acids is 3. The van der Waals surface area contributed by atoms with Crippen molar-refractivity contribution >= 4 is 40.7 Å². The van der Waals surface area contributed by atoms with E-state index in [9.17, 15) is 14.4 Å². The van der Waals surface area contributed by atoms with Gasteiger partial charge in [0.25, 0.3) is 11.8 Å². The Kier molecular flexibility index (Phi) is 7.31. The molecule has 1 aliphatic heterocycles. The number of thiazole rings is 1. The van der Waals surface area contributed by atoms with E-state index in [0.29, 0.717) is 18.1 Å². The molecule has 3 aromatic rings. The van der Waals surface area contributed by atoms with Gasteiger partial charge in [0.15, 0.2) is 0 Å². The number of hydrogen-bond acceptors (Lipinski definition) is 6. The minimum Gasteiger partial charge on any atom is -0.342 e. The molecule has 2 N–H and O–H groups in total. The second-order valence-corrected chi connectivity index (χ2v) is 8.91. The number of nitrogens with one attached hydrogen (secondary N) is 2. The van der Waals surface area contributed by atoms with E-state index in [2.05, 4.69) is 20.8 Å². The highest BCUT2D eigenvalue weighted by molar-refractivity contribution is 7.09. The molecule has 1 aromatic carbocycles. The first kappa shape index (κ1) is 22.9. The number of carbonyl (C=O) groups is 3. The SMILES string of the molecule is O=C(NNC(=O)c1csc(C2CCN(C(=O)Cc3ccccc3Cl)CC2)n1)c1ccccn1. The molecule has 4 rings (SSSR count). The summed E-state index contributed by atoms with van der Waals surface area (Å²) < 4.78 is 0. The highest BCUT2D eigenvalue weighted by Gasteiger charge is 2.26. The van der Waals surface area contributed by atoms with E-state index in [4.69, 9.17) is 11.6 Å². The van der Waals surface area contributed by atoms with Crippen LogP contribution in [0.4, 0.5) is 0 Å². The molecule has 33 heavy (non-hydrogen) atoms. The summed E-state index contributed by atoms with van der Waals surface area (Å²) in [4.78, 5) is 47.2. The molecule has 10 heteroatoms. The Labute approximate surface area is 200 Å². The predicted octanol–water partition coefficient (Wildman–Crippen LogP) is 3.22. The van der Waals surface area contributed by atoms with Crippen LogP contribution in [0.25, 0.3) is 0 Å². The fourth-order valence-electron chi connectivity index (χ4n) is 3.61. The van der Waals surface area contributed by atoms with Crippen molar-refractivity contribution in [3.05, 3.63) is 81.0 Å². The Balaban J connectivity index is 1.27. The van der Waals surface area contributed by atoms with Crippen LogP contribution in [0.3, 0.4) is 0 Å². The highest BCUT2D eigenvalue weighted by Crippen LogP contribution is 2.30. The van der Waals surface area contributed by atoms with Crippen molar-refractivity contribution in [2.75, 3.05) is 13.1 Å². The van der Waals surface area contributed by atoms with Crippen LogP contribution in [-0.2, 0) is 11.2 Å². The number of likely N-dealkylation sites (tertiary alicyclic amines) is 1. The number of benzene rings is 1. The Morgan fingerprint density at radius 1 is 1.00 bits per heavy atom. The molecule has 170 valence electrons. The maximum Gasteiger partial charge on any atom is 0.289 e. The van der Waals surface area contributed by atoms with Crippen LogP contribution in [0.1, 0.15) is 50.3 Å². The maximum absolute atomic E-state index is 12.6. The second kappa shape index (κ2) is 10.5. The van der Waals surface area contributed by atoms with Gasteiger partial charge < -0.3 is 4.90 Å². The third kappa shape index (κ3) is 5.74. The lowest BCUT2D eigenvalue weighted by molar-refractivity contribution is -0.131. The van der Waals surface area contributed by atoms with E-state index in [1.807, 2.05) is 23.1 Å². The van der Waals surface area contributed by atoms with Crippen molar-refractivity contribution in [1.29, 1.82) is 0 Å². The summed E-state index contributed by atoms with van der Waals surface area (Å²) in [6.07, 6.45) is 3.34. The van der Waals surface area contributed by atoms with Crippen LogP contribution >= 0.6 is 22.9 Å². The molecule has 0 saturated carbocycles. The van der Waals surface area contributed by atoms with E-state index in [1.165, 1.54) is 17.5 Å². The molecule has 0 unspecified atom stereocenters. The average Bonchev–Trinajstić information content (AvgIpc) is 3.35. The van der Waals surface area contributed by atoms with E-state index in [-0.39, 0.29) is 29.6 Å². The van der Waals surface area contributed by atoms with Gasteiger partial charge in [-0.2, -0.15) is 0 Å². The van der Waals surface area contributed by atoms with Gasteiger partial charge in [-0.15, -0.1) is 11.3 Å². The fraction of sp³-hybridized carbons (Fsp3) is 0.261. The molecule has 0 radical (unpaired) electrons. The minimum atomic E-state index is -0.506. The molecule has 1 fully saturated rings. The predicted molar refractivity (Wildman–Crippen MR) is 125 cm³/mol. The molecule has 0 bridgehead atoms. The van der Waals surface area contributed by atoms with Gasteiger partial charge in [-0.1, -0.05) is 35.9 Å². The summed E-state index contributed by atoms with van der Waals surface area (Å²) in [5.41, 5.74) is 5.98. The van der Waals surface area contributed by atoms with Gasteiger partial charge in [0.2, 0.25) is 5.91 Å². The first-order valence-corrected chi connectivity index (χ1v) is 11.8. The largest absolute Gasteiger partial charge is 0.342 e. The summed E-state index contributed by atoms with van der Waals surface area (Å²) in [6, 6.07) is 12.3. The molecular formula is C23H22ClN5O3S. The molecule has 0 atom stereocenters. The van der Waals surface area contributed by atoms with Crippen molar-refractivity contribution < 1.29 is 14.4 Å².